The highest BCUT2D eigenvalue weighted by atomic mass is 16.6. The maximum Gasteiger partial charge on any atom is 0.407 e. The normalized spacial score (nSPS) is 19.1. The molecule has 1 N–H and O–H groups in total. The molecule has 27 heavy (non-hydrogen) atoms. The monoisotopic (exact) mass is 371 g/mol. The SMILES string of the molecule is CC(c1ccccc1)[C@H](CC(=O)N1CCC[C@H]1C#N)NC(=O)OC(C)(C)C. The van der Waals surface area contributed by atoms with E-state index in [0.717, 1.165) is 12.0 Å². The van der Waals surface area contributed by atoms with Gasteiger partial charge in [-0.3, -0.25) is 4.79 Å². The number of likely N-dealkylation sites (tertiary alicyclic amines) is 1. The van der Waals surface area contributed by atoms with Crippen molar-refractivity contribution in [2.45, 2.75) is 70.6 Å². The summed E-state index contributed by atoms with van der Waals surface area (Å²) in [6, 6.07) is 11.2. The van der Waals surface area contributed by atoms with E-state index in [1.165, 1.54) is 0 Å². The summed E-state index contributed by atoms with van der Waals surface area (Å²) in [5.74, 6) is -0.186. The standard InChI is InChI=1S/C21H29N3O3/c1-15(16-9-6-5-7-10-16)18(23-20(26)27-21(2,3)4)13-19(25)24-12-8-11-17(24)14-22/h5-7,9-10,15,17-18H,8,11-13H2,1-4H3,(H,23,26)/t15?,17-,18-/m0/s1. The summed E-state index contributed by atoms with van der Waals surface area (Å²) in [7, 11) is 0. The topological polar surface area (TPSA) is 82.4 Å². The average Bonchev–Trinajstić information content (AvgIpc) is 3.08. The Labute approximate surface area is 161 Å². The molecule has 2 amide bonds. The van der Waals surface area contributed by atoms with E-state index in [0.29, 0.717) is 13.0 Å². The van der Waals surface area contributed by atoms with Crippen LogP contribution in [-0.4, -0.2) is 41.1 Å². The zero-order valence-corrected chi connectivity index (χ0v) is 16.6. The van der Waals surface area contributed by atoms with E-state index in [1.807, 2.05) is 37.3 Å². The van der Waals surface area contributed by atoms with Crippen LogP contribution >= 0.6 is 0 Å². The fraction of sp³-hybridized carbons (Fsp3) is 0.571. The first-order valence-corrected chi connectivity index (χ1v) is 9.45. The van der Waals surface area contributed by atoms with Crippen molar-refractivity contribution < 1.29 is 14.3 Å². The van der Waals surface area contributed by atoms with Gasteiger partial charge in [0, 0.05) is 24.9 Å². The van der Waals surface area contributed by atoms with Crippen LogP contribution in [0.2, 0.25) is 0 Å². The molecule has 6 heteroatoms. The van der Waals surface area contributed by atoms with Gasteiger partial charge in [0.25, 0.3) is 0 Å². The number of carbonyl (C=O) groups excluding carboxylic acids is 2. The fourth-order valence-electron chi connectivity index (χ4n) is 3.31. The van der Waals surface area contributed by atoms with Crippen LogP contribution in [0.1, 0.15) is 58.4 Å². The molecule has 1 unspecified atom stereocenters. The minimum Gasteiger partial charge on any atom is -0.444 e. The number of hydrogen-bond acceptors (Lipinski definition) is 4. The zero-order chi connectivity index (χ0) is 20.0. The first kappa shape index (κ1) is 20.8. The van der Waals surface area contributed by atoms with Crippen molar-refractivity contribution in [3.63, 3.8) is 0 Å². The number of nitrogens with one attached hydrogen (secondary N) is 1. The maximum atomic E-state index is 12.8. The molecule has 3 atom stereocenters. The molecule has 1 aliphatic rings. The second-order valence-corrected chi connectivity index (χ2v) is 8.03. The summed E-state index contributed by atoms with van der Waals surface area (Å²) in [4.78, 5) is 26.8. The van der Waals surface area contributed by atoms with Crippen molar-refractivity contribution in [2.75, 3.05) is 6.54 Å². The molecular formula is C21H29N3O3. The molecule has 1 aliphatic heterocycles. The Hall–Kier alpha value is -2.55. The molecule has 1 saturated heterocycles. The van der Waals surface area contributed by atoms with Gasteiger partial charge in [-0.1, -0.05) is 37.3 Å². The van der Waals surface area contributed by atoms with Gasteiger partial charge in [-0.2, -0.15) is 5.26 Å². The summed E-state index contributed by atoms with van der Waals surface area (Å²) in [6.07, 6.45) is 1.14. The second kappa shape index (κ2) is 8.90. The molecule has 2 rings (SSSR count). The number of nitrogens with zero attached hydrogens (tertiary/aromatic N) is 2. The van der Waals surface area contributed by atoms with Gasteiger partial charge < -0.3 is 15.0 Å². The Kier molecular flexibility index (Phi) is 6.84. The lowest BCUT2D eigenvalue weighted by molar-refractivity contribution is -0.131. The van der Waals surface area contributed by atoms with Crippen molar-refractivity contribution in [1.29, 1.82) is 5.26 Å². The maximum absolute atomic E-state index is 12.8. The van der Waals surface area contributed by atoms with E-state index in [-0.39, 0.29) is 24.3 Å². The molecule has 1 fully saturated rings. The fourth-order valence-corrected chi connectivity index (χ4v) is 3.31. The van der Waals surface area contributed by atoms with Crippen LogP contribution in [0, 0.1) is 11.3 Å². The third-order valence-corrected chi connectivity index (χ3v) is 4.75. The lowest BCUT2D eigenvalue weighted by atomic mass is 9.91. The zero-order valence-electron chi connectivity index (χ0n) is 16.6. The van der Waals surface area contributed by atoms with Gasteiger partial charge in [-0.15, -0.1) is 0 Å². The van der Waals surface area contributed by atoms with Crippen LogP contribution in [0.15, 0.2) is 30.3 Å². The lowest BCUT2D eigenvalue weighted by Crippen LogP contribution is -2.45. The van der Waals surface area contributed by atoms with Crippen LogP contribution in [0.25, 0.3) is 0 Å². The molecule has 0 aliphatic carbocycles. The quantitative estimate of drug-likeness (QED) is 0.857. The van der Waals surface area contributed by atoms with Gasteiger partial charge in [0.2, 0.25) is 5.91 Å². The largest absolute Gasteiger partial charge is 0.444 e. The van der Waals surface area contributed by atoms with Gasteiger partial charge in [0.1, 0.15) is 11.6 Å². The molecule has 6 nitrogen and oxygen atoms in total. The molecule has 0 aromatic heterocycles. The molecule has 0 bridgehead atoms. The Morgan fingerprint density at radius 3 is 2.59 bits per heavy atom. The molecule has 0 radical (unpaired) electrons. The van der Waals surface area contributed by atoms with E-state index in [9.17, 15) is 14.9 Å². The number of benzene rings is 1. The predicted octanol–water partition coefficient (Wildman–Crippen LogP) is 3.59. The molecule has 0 saturated carbocycles. The smallest absolute Gasteiger partial charge is 0.407 e. The lowest BCUT2D eigenvalue weighted by Gasteiger charge is -2.29. The number of alkyl carbamates (subject to hydrolysis) is 1. The minimum absolute atomic E-state index is 0.0780. The van der Waals surface area contributed by atoms with Crippen LogP contribution in [0.5, 0.6) is 0 Å². The summed E-state index contributed by atoms with van der Waals surface area (Å²) in [5.41, 5.74) is 0.416. The summed E-state index contributed by atoms with van der Waals surface area (Å²) < 4.78 is 5.38. The highest BCUT2D eigenvalue weighted by Crippen LogP contribution is 2.24. The van der Waals surface area contributed by atoms with E-state index < -0.39 is 17.7 Å². The van der Waals surface area contributed by atoms with Gasteiger partial charge in [-0.25, -0.2) is 4.79 Å². The molecule has 0 spiro atoms. The predicted molar refractivity (Wildman–Crippen MR) is 103 cm³/mol. The second-order valence-electron chi connectivity index (χ2n) is 8.03. The van der Waals surface area contributed by atoms with Gasteiger partial charge in [0.15, 0.2) is 0 Å². The first-order valence-electron chi connectivity index (χ1n) is 9.45. The minimum atomic E-state index is -0.616. The highest BCUT2D eigenvalue weighted by Gasteiger charge is 2.32. The molecule has 1 heterocycles. The van der Waals surface area contributed by atoms with Gasteiger partial charge in [-0.05, 0) is 39.2 Å². The summed E-state index contributed by atoms with van der Waals surface area (Å²) in [5, 5.41) is 12.1. The number of carbonyl (C=O) groups is 2. The van der Waals surface area contributed by atoms with Crippen molar-refractivity contribution in [3.8, 4) is 6.07 Å². The van der Waals surface area contributed by atoms with E-state index in [1.54, 1.807) is 25.7 Å². The number of hydrogen-bond donors (Lipinski definition) is 1. The Morgan fingerprint density at radius 2 is 2.00 bits per heavy atom. The van der Waals surface area contributed by atoms with E-state index >= 15 is 0 Å². The Balaban J connectivity index is 2.15. The van der Waals surface area contributed by atoms with Crippen molar-refractivity contribution in [1.82, 2.24) is 10.2 Å². The van der Waals surface area contributed by atoms with Crippen molar-refractivity contribution in [3.05, 3.63) is 35.9 Å². The molecular weight excluding hydrogens is 342 g/mol. The molecule has 1 aromatic rings. The van der Waals surface area contributed by atoms with Gasteiger partial charge >= 0.3 is 6.09 Å². The van der Waals surface area contributed by atoms with Crippen molar-refractivity contribution in [2.24, 2.45) is 0 Å². The Bertz CT molecular complexity index is 691. The van der Waals surface area contributed by atoms with Crippen LogP contribution < -0.4 is 5.32 Å². The van der Waals surface area contributed by atoms with Gasteiger partial charge in [0.05, 0.1) is 6.07 Å². The number of nitriles is 1. The van der Waals surface area contributed by atoms with Crippen LogP contribution in [0.3, 0.4) is 0 Å². The highest BCUT2D eigenvalue weighted by molar-refractivity contribution is 5.79. The van der Waals surface area contributed by atoms with Crippen LogP contribution in [-0.2, 0) is 9.53 Å². The molecule has 1 aromatic carbocycles. The van der Waals surface area contributed by atoms with Crippen LogP contribution in [0.4, 0.5) is 4.79 Å². The molecule has 146 valence electrons. The number of ether oxygens (including phenoxy) is 1. The summed E-state index contributed by atoms with van der Waals surface area (Å²) in [6.45, 7) is 7.98. The number of amides is 2. The van der Waals surface area contributed by atoms with E-state index in [4.69, 9.17) is 4.74 Å². The average molecular weight is 371 g/mol. The third kappa shape index (κ3) is 5.99. The summed E-state index contributed by atoms with van der Waals surface area (Å²) >= 11 is 0. The number of rotatable bonds is 5. The third-order valence-electron chi connectivity index (χ3n) is 4.75. The van der Waals surface area contributed by atoms with E-state index in [2.05, 4.69) is 11.4 Å². The Morgan fingerprint density at radius 1 is 1.33 bits per heavy atom. The first-order chi connectivity index (χ1) is 12.7. The van der Waals surface area contributed by atoms with Crippen molar-refractivity contribution >= 4 is 12.0 Å².